The van der Waals surface area contributed by atoms with E-state index in [0.717, 1.165) is 17.0 Å². The lowest BCUT2D eigenvalue weighted by Gasteiger charge is -2.33. The number of hydrogen-bond acceptors (Lipinski definition) is 5. The number of carbonyl (C=O) groups excluding carboxylic acids is 1. The second-order valence-electron chi connectivity index (χ2n) is 5.73. The minimum atomic E-state index is -0.700. The summed E-state index contributed by atoms with van der Waals surface area (Å²) in [6.45, 7) is 11.0. The summed E-state index contributed by atoms with van der Waals surface area (Å²) in [6.07, 6.45) is 0. The molecule has 0 bridgehead atoms. The Bertz CT molecular complexity index is 495. The van der Waals surface area contributed by atoms with Crippen LogP contribution in [0.15, 0.2) is 0 Å². The zero-order valence-electron chi connectivity index (χ0n) is 13.9. The molecule has 0 spiro atoms. The zero-order valence-corrected chi connectivity index (χ0v) is 13.9. The number of likely N-dealkylation sites (N-methyl/N-ethyl adjacent to an activating group) is 1. The van der Waals surface area contributed by atoms with E-state index < -0.39 is 5.54 Å². The summed E-state index contributed by atoms with van der Waals surface area (Å²) in [5, 5.41) is 13.5. The predicted molar refractivity (Wildman–Crippen MR) is 81.0 cm³/mol. The Labute approximate surface area is 126 Å². The summed E-state index contributed by atoms with van der Waals surface area (Å²) >= 11 is 0. The monoisotopic (exact) mass is 297 g/mol. The van der Waals surface area contributed by atoms with Crippen LogP contribution in [0.2, 0.25) is 0 Å². The molecular weight excluding hydrogens is 270 g/mol. The lowest BCUT2D eigenvalue weighted by Crippen LogP contribution is -2.48. The van der Waals surface area contributed by atoms with Gasteiger partial charge in [0.25, 0.3) is 0 Å². The van der Waals surface area contributed by atoms with Gasteiger partial charge < -0.3 is 9.84 Å². The van der Waals surface area contributed by atoms with Gasteiger partial charge in [0.2, 0.25) is 0 Å². The highest BCUT2D eigenvalue weighted by atomic mass is 16.5. The minimum Gasteiger partial charge on any atom is -0.465 e. The smallest absolute Gasteiger partial charge is 0.325 e. The van der Waals surface area contributed by atoms with Crippen LogP contribution in [0.1, 0.15) is 37.7 Å². The van der Waals surface area contributed by atoms with Gasteiger partial charge in [0.05, 0.1) is 25.5 Å². The average molecular weight is 297 g/mol. The Morgan fingerprint density at radius 2 is 2.05 bits per heavy atom. The van der Waals surface area contributed by atoms with Crippen molar-refractivity contribution in [3.8, 4) is 0 Å². The van der Waals surface area contributed by atoms with E-state index in [0.29, 0.717) is 19.7 Å². The van der Waals surface area contributed by atoms with Crippen LogP contribution < -0.4 is 0 Å². The van der Waals surface area contributed by atoms with E-state index in [4.69, 9.17) is 9.84 Å². The summed E-state index contributed by atoms with van der Waals surface area (Å²) in [5.41, 5.74) is 2.33. The first-order valence-corrected chi connectivity index (χ1v) is 7.27. The molecule has 0 aliphatic rings. The molecule has 0 saturated heterocycles. The van der Waals surface area contributed by atoms with Gasteiger partial charge >= 0.3 is 5.97 Å². The first kappa shape index (κ1) is 17.7. The Kier molecular flexibility index (Phi) is 5.92. The quantitative estimate of drug-likeness (QED) is 0.768. The third-order valence-corrected chi connectivity index (χ3v) is 3.97. The second kappa shape index (κ2) is 7.04. The molecule has 0 atom stereocenters. The van der Waals surface area contributed by atoms with Gasteiger partial charge in [0.1, 0.15) is 5.54 Å². The molecule has 0 fully saturated rings. The van der Waals surface area contributed by atoms with Crippen molar-refractivity contribution in [2.45, 2.75) is 53.2 Å². The van der Waals surface area contributed by atoms with Gasteiger partial charge in [-0.05, 0) is 41.7 Å². The summed E-state index contributed by atoms with van der Waals surface area (Å²) in [6, 6.07) is 0. The molecule has 21 heavy (non-hydrogen) atoms. The Balaban J connectivity index is 2.92. The van der Waals surface area contributed by atoms with Crippen molar-refractivity contribution < 1.29 is 14.6 Å². The van der Waals surface area contributed by atoms with Gasteiger partial charge in [-0.1, -0.05) is 0 Å². The van der Waals surface area contributed by atoms with Crippen LogP contribution in [0.4, 0.5) is 0 Å². The summed E-state index contributed by atoms with van der Waals surface area (Å²) in [5.74, 6) is -0.231. The molecule has 6 nitrogen and oxygen atoms in total. The van der Waals surface area contributed by atoms with E-state index in [9.17, 15) is 4.79 Å². The maximum atomic E-state index is 12.1. The molecule has 0 amide bonds. The van der Waals surface area contributed by atoms with Crippen LogP contribution in [-0.4, -0.2) is 51.6 Å². The average Bonchev–Trinajstić information content (AvgIpc) is 2.67. The highest BCUT2D eigenvalue weighted by Crippen LogP contribution is 2.21. The Hall–Kier alpha value is -1.40. The van der Waals surface area contributed by atoms with Crippen LogP contribution in [0, 0.1) is 13.8 Å². The standard InChI is InChI=1S/C15H27N3O3/c1-7-21-14(20)15(4,5)17(6)10-13-11(2)16-18(8-9-19)12(13)3/h19H,7-10H2,1-6H3. The summed E-state index contributed by atoms with van der Waals surface area (Å²) in [7, 11) is 1.90. The maximum Gasteiger partial charge on any atom is 0.325 e. The van der Waals surface area contributed by atoms with Crippen molar-refractivity contribution in [1.29, 1.82) is 0 Å². The fourth-order valence-corrected chi connectivity index (χ4v) is 2.17. The lowest BCUT2D eigenvalue weighted by molar-refractivity contribution is -0.155. The van der Waals surface area contributed by atoms with Crippen LogP contribution in [-0.2, 0) is 22.6 Å². The van der Waals surface area contributed by atoms with Crippen molar-refractivity contribution in [3.63, 3.8) is 0 Å². The van der Waals surface area contributed by atoms with E-state index >= 15 is 0 Å². The van der Waals surface area contributed by atoms with Crippen molar-refractivity contribution in [3.05, 3.63) is 17.0 Å². The number of aromatic nitrogens is 2. The highest BCUT2D eigenvalue weighted by Gasteiger charge is 2.34. The predicted octanol–water partition coefficient (Wildman–Crippen LogP) is 1.27. The zero-order chi connectivity index (χ0) is 16.2. The molecule has 1 heterocycles. The third kappa shape index (κ3) is 3.83. The fourth-order valence-electron chi connectivity index (χ4n) is 2.17. The number of aliphatic hydroxyl groups excluding tert-OH is 1. The summed E-state index contributed by atoms with van der Waals surface area (Å²) in [4.78, 5) is 14.0. The molecule has 1 N–H and O–H groups in total. The van der Waals surface area contributed by atoms with E-state index in [1.165, 1.54) is 0 Å². The third-order valence-electron chi connectivity index (χ3n) is 3.97. The van der Waals surface area contributed by atoms with Crippen molar-refractivity contribution in [2.24, 2.45) is 0 Å². The van der Waals surface area contributed by atoms with Gasteiger partial charge in [-0.15, -0.1) is 0 Å². The first-order chi connectivity index (χ1) is 9.75. The number of esters is 1. The number of hydrogen-bond donors (Lipinski definition) is 1. The van der Waals surface area contributed by atoms with Gasteiger partial charge in [-0.3, -0.25) is 14.4 Å². The SMILES string of the molecule is CCOC(=O)C(C)(C)N(C)Cc1c(C)nn(CCO)c1C. The van der Waals surface area contributed by atoms with Crippen LogP contribution >= 0.6 is 0 Å². The largest absolute Gasteiger partial charge is 0.465 e. The van der Waals surface area contributed by atoms with Crippen LogP contribution in [0.25, 0.3) is 0 Å². The van der Waals surface area contributed by atoms with E-state index in [1.807, 2.05) is 39.6 Å². The van der Waals surface area contributed by atoms with Crippen LogP contribution in [0.3, 0.4) is 0 Å². The minimum absolute atomic E-state index is 0.0611. The second-order valence-corrected chi connectivity index (χ2v) is 5.73. The molecule has 0 unspecified atom stereocenters. The van der Waals surface area contributed by atoms with Crippen molar-refractivity contribution >= 4 is 5.97 Å². The molecule has 120 valence electrons. The van der Waals surface area contributed by atoms with Gasteiger partial charge in [0, 0.05) is 17.8 Å². The number of nitrogens with zero attached hydrogens (tertiary/aromatic N) is 3. The topological polar surface area (TPSA) is 67.6 Å². The molecule has 0 aromatic carbocycles. The molecular formula is C15H27N3O3. The Morgan fingerprint density at radius 1 is 1.43 bits per heavy atom. The lowest BCUT2D eigenvalue weighted by atomic mass is 10.0. The number of rotatable bonds is 7. The van der Waals surface area contributed by atoms with Gasteiger partial charge in [0.15, 0.2) is 0 Å². The van der Waals surface area contributed by atoms with Gasteiger partial charge in [-0.25, -0.2) is 0 Å². The number of ether oxygens (including phenoxy) is 1. The van der Waals surface area contributed by atoms with E-state index in [-0.39, 0.29) is 12.6 Å². The molecule has 0 aliphatic carbocycles. The fraction of sp³-hybridized carbons (Fsp3) is 0.733. The van der Waals surface area contributed by atoms with Crippen molar-refractivity contribution in [1.82, 2.24) is 14.7 Å². The maximum absolute atomic E-state index is 12.1. The molecule has 1 aromatic heterocycles. The molecule has 1 aromatic rings. The Morgan fingerprint density at radius 3 is 2.57 bits per heavy atom. The number of aryl methyl sites for hydroxylation is 1. The number of aliphatic hydroxyl groups is 1. The van der Waals surface area contributed by atoms with Crippen molar-refractivity contribution in [2.75, 3.05) is 20.3 Å². The molecule has 1 rings (SSSR count). The molecule has 0 radical (unpaired) electrons. The molecule has 0 aliphatic heterocycles. The van der Waals surface area contributed by atoms with Gasteiger partial charge in [-0.2, -0.15) is 5.10 Å². The first-order valence-electron chi connectivity index (χ1n) is 7.27. The normalized spacial score (nSPS) is 12.0. The number of carbonyl (C=O) groups is 1. The van der Waals surface area contributed by atoms with E-state index in [1.54, 1.807) is 11.6 Å². The van der Waals surface area contributed by atoms with E-state index in [2.05, 4.69) is 5.10 Å². The molecule has 0 saturated carbocycles. The van der Waals surface area contributed by atoms with Crippen LogP contribution in [0.5, 0.6) is 0 Å². The molecule has 6 heteroatoms. The summed E-state index contributed by atoms with van der Waals surface area (Å²) < 4.78 is 6.94. The highest BCUT2D eigenvalue weighted by molar-refractivity contribution is 5.79.